The largest absolute Gasteiger partial charge is 0.433 e. The molecule has 0 saturated carbocycles. The third-order valence-corrected chi connectivity index (χ3v) is 4.06. The van der Waals surface area contributed by atoms with Crippen LogP contribution < -0.4 is 0 Å². The highest BCUT2D eigenvalue weighted by Crippen LogP contribution is 2.22. The van der Waals surface area contributed by atoms with Crippen molar-refractivity contribution in [1.29, 1.82) is 0 Å². The molecule has 0 aliphatic heterocycles. The van der Waals surface area contributed by atoms with Crippen LogP contribution in [0.25, 0.3) is 0 Å². The van der Waals surface area contributed by atoms with Gasteiger partial charge in [0.2, 0.25) is 5.16 Å². The summed E-state index contributed by atoms with van der Waals surface area (Å²) in [6, 6.07) is 12.8. The Morgan fingerprint density at radius 2 is 2.08 bits per heavy atom. The monoisotopic (exact) mass is 343 g/mol. The number of hydrogen-bond donors (Lipinski definition) is 0. The van der Waals surface area contributed by atoms with E-state index in [9.17, 15) is 10.1 Å². The molecule has 0 N–H and O–H groups in total. The van der Waals surface area contributed by atoms with Gasteiger partial charge in [-0.2, -0.15) is 9.78 Å². The van der Waals surface area contributed by atoms with E-state index in [2.05, 4.69) is 15.3 Å². The van der Waals surface area contributed by atoms with Crippen molar-refractivity contribution in [1.82, 2.24) is 14.9 Å². The standard InChI is InChI=1S/C15H13N5O3S/c1-11-17-18-15(24-10-12-5-3-2-4-6-12)19(11)16-9-13-7-8-14(23-13)20(21)22/h2-9H,10H2,1H3/b16-9+. The molecule has 0 amide bonds. The summed E-state index contributed by atoms with van der Waals surface area (Å²) < 4.78 is 6.61. The smallest absolute Gasteiger partial charge is 0.400 e. The second kappa shape index (κ2) is 7.09. The highest BCUT2D eigenvalue weighted by Gasteiger charge is 2.12. The van der Waals surface area contributed by atoms with E-state index in [1.807, 2.05) is 30.3 Å². The van der Waals surface area contributed by atoms with Crippen molar-refractivity contribution in [2.75, 3.05) is 0 Å². The second-order valence-electron chi connectivity index (χ2n) is 4.79. The lowest BCUT2D eigenvalue weighted by Crippen LogP contribution is -1.96. The number of furan rings is 1. The fraction of sp³-hybridized carbons (Fsp3) is 0.133. The fourth-order valence-electron chi connectivity index (χ4n) is 1.91. The molecular formula is C15H13N5O3S. The molecule has 0 unspecified atom stereocenters. The van der Waals surface area contributed by atoms with E-state index in [0.29, 0.717) is 11.0 Å². The number of nitro groups is 1. The summed E-state index contributed by atoms with van der Waals surface area (Å²) in [5, 5.41) is 23.6. The lowest BCUT2D eigenvalue weighted by atomic mass is 10.2. The van der Waals surface area contributed by atoms with E-state index >= 15 is 0 Å². The van der Waals surface area contributed by atoms with Crippen LogP contribution in [0.4, 0.5) is 5.88 Å². The molecule has 3 rings (SSSR count). The summed E-state index contributed by atoms with van der Waals surface area (Å²) in [5.74, 6) is 1.31. The molecule has 3 aromatic rings. The first kappa shape index (κ1) is 15.9. The fourth-order valence-corrected chi connectivity index (χ4v) is 2.80. The lowest BCUT2D eigenvalue weighted by molar-refractivity contribution is -0.402. The zero-order chi connectivity index (χ0) is 16.9. The number of aryl methyl sites for hydroxylation is 1. The normalized spacial score (nSPS) is 11.2. The molecule has 2 aromatic heterocycles. The second-order valence-corrected chi connectivity index (χ2v) is 5.74. The highest BCUT2D eigenvalue weighted by atomic mass is 32.2. The van der Waals surface area contributed by atoms with Gasteiger partial charge in [0.15, 0.2) is 11.6 Å². The van der Waals surface area contributed by atoms with Crippen LogP contribution in [-0.4, -0.2) is 26.0 Å². The first-order valence-electron chi connectivity index (χ1n) is 7.01. The Hall–Kier alpha value is -2.94. The molecule has 0 radical (unpaired) electrons. The van der Waals surface area contributed by atoms with E-state index in [1.165, 1.54) is 35.7 Å². The van der Waals surface area contributed by atoms with Crippen LogP contribution in [0.5, 0.6) is 0 Å². The maximum Gasteiger partial charge on any atom is 0.433 e. The van der Waals surface area contributed by atoms with Gasteiger partial charge in [0.1, 0.15) is 4.92 Å². The Labute approximate surface area is 141 Å². The molecule has 0 aliphatic rings. The summed E-state index contributed by atoms with van der Waals surface area (Å²) in [5.41, 5.74) is 1.17. The van der Waals surface area contributed by atoms with Crippen molar-refractivity contribution in [2.24, 2.45) is 5.10 Å². The zero-order valence-corrected chi connectivity index (χ0v) is 13.5. The molecule has 122 valence electrons. The molecule has 24 heavy (non-hydrogen) atoms. The van der Waals surface area contributed by atoms with E-state index in [1.54, 1.807) is 11.6 Å². The van der Waals surface area contributed by atoms with Crippen molar-refractivity contribution >= 4 is 23.9 Å². The van der Waals surface area contributed by atoms with Crippen LogP contribution in [0.2, 0.25) is 0 Å². The first-order valence-corrected chi connectivity index (χ1v) is 7.99. The minimum atomic E-state index is -0.595. The van der Waals surface area contributed by atoms with Gasteiger partial charge in [0.05, 0.1) is 12.3 Å². The molecule has 8 nitrogen and oxygen atoms in total. The van der Waals surface area contributed by atoms with Crippen LogP contribution in [0.3, 0.4) is 0 Å². The molecule has 0 bridgehead atoms. The van der Waals surface area contributed by atoms with Crippen molar-refractivity contribution in [3.8, 4) is 0 Å². The van der Waals surface area contributed by atoms with Gasteiger partial charge >= 0.3 is 5.88 Å². The molecular weight excluding hydrogens is 330 g/mol. The number of nitrogens with zero attached hydrogens (tertiary/aromatic N) is 5. The molecule has 0 atom stereocenters. The molecule has 1 aromatic carbocycles. The van der Waals surface area contributed by atoms with Gasteiger partial charge in [0, 0.05) is 5.75 Å². The SMILES string of the molecule is Cc1nnc(SCc2ccccc2)n1/N=C/c1ccc([N+](=O)[O-])o1. The van der Waals surface area contributed by atoms with Gasteiger partial charge < -0.3 is 4.42 Å². The van der Waals surface area contributed by atoms with Crippen LogP contribution in [0.1, 0.15) is 17.1 Å². The third kappa shape index (κ3) is 3.69. The molecule has 0 spiro atoms. The Morgan fingerprint density at radius 3 is 2.79 bits per heavy atom. The van der Waals surface area contributed by atoms with E-state index in [0.717, 1.165) is 5.75 Å². The Morgan fingerprint density at radius 1 is 1.29 bits per heavy atom. The average molecular weight is 343 g/mol. The van der Waals surface area contributed by atoms with Crippen molar-refractivity contribution in [3.63, 3.8) is 0 Å². The van der Waals surface area contributed by atoms with Crippen molar-refractivity contribution in [3.05, 3.63) is 69.7 Å². The number of rotatable bonds is 6. The molecule has 9 heteroatoms. The summed E-state index contributed by atoms with van der Waals surface area (Å²) in [6.07, 6.45) is 1.40. The summed E-state index contributed by atoms with van der Waals surface area (Å²) in [4.78, 5) is 10.0. The molecule has 2 heterocycles. The van der Waals surface area contributed by atoms with Gasteiger partial charge in [-0.15, -0.1) is 10.2 Å². The summed E-state index contributed by atoms with van der Waals surface area (Å²) >= 11 is 1.50. The van der Waals surface area contributed by atoms with Crippen LogP contribution >= 0.6 is 11.8 Å². The summed E-state index contributed by atoms with van der Waals surface area (Å²) in [7, 11) is 0. The minimum Gasteiger partial charge on any atom is -0.400 e. The Bertz CT molecular complexity index is 872. The summed E-state index contributed by atoms with van der Waals surface area (Å²) in [6.45, 7) is 1.78. The minimum absolute atomic E-state index is 0.286. The Kier molecular flexibility index (Phi) is 4.71. The molecule has 0 aliphatic carbocycles. The predicted molar refractivity (Wildman–Crippen MR) is 89.1 cm³/mol. The topological polar surface area (TPSA) is 99.3 Å². The Balaban J connectivity index is 1.74. The zero-order valence-electron chi connectivity index (χ0n) is 12.7. The number of aromatic nitrogens is 3. The van der Waals surface area contributed by atoms with Crippen molar-refractivity contribution < 1.29 is 9.34 Å². The molecule has 0 fully saturated rings. The first-order chi connectivity index (χ1) is 11.6. The highest BCUT2D eigenvalue weighted by molar-refractivity contribution is 7.98. The number of hydrogen-bond acceptors (Lipinski definition) is 7. The predicted octanol–water partition coefficient (Wildman–Crippen LogP) is 3.26. The number of thioether (sulfide) groups is 1. The van der Waals surface area contributed by atoms with Gasteiger partial charge in [0.25, 0.3) is 0 Å². The average Bonchev–Trinajstić information content (AvgIpc) is 3.19. The van der Waals surface area contributed by atoms with Crippen LogP contribution in [-0.2, 0) is 5.75 Å². The number of benzene rings is 1. The van der Waals surface area contributed by atoms with Crippen molar-refractivity contribution in [2.45, 2.75) is 17.8 Å². The quantitative estimate of drug-likeness (QED) is 0.295. The lowest BCUT2D eigenvalue weighted by Gasteiger charge is -2.02. The van der Waals surface area contributed by atoms with Crippen LogP contribution in [0.15, 0.2) is 57.1 Å². The van der Waals surface area contributed by atoms with Gasteiger partial charge in [-0.1, -0.05) is 42.1 Å². The molecule has 0 saturated heterocycles. The maximum atomic E-state index is 10.6. The maximum absolute atomic E-state index is 10.6. The van der Waals surface area contributed by atoms with Gasteiger partial charge in [-0.25, -0.2) is 0 Å². The van der Waals surface area contributed by atoms with Gasteiger partial charge in [-0.3, -0.25) is 10.1 Å². The van der Waals surface area contributed by atoms with Gasteiger partial charge in [-0.05, 0) is 18.6 Å². The van der Waals surface area contributed by atoms with Crippen LogP contribution in [0, 0.1) is 17.0 Å². The third-order valence-electron chi connectivity index (χ3n) is 3.07. The van der Waals surface area contributed by atoms with E-state index in [-0.39, 0.29) is 11.6 Å². The van der Waals surface area contributed by atoms with E-state index in [4.69, 9.17) is 4.42 Å². The van der Waals surface area contributed by atoms with E-state index < -0.39 is 4.92 Å².